The minimum atomic E-state index is -0.671. The molecule has 0 amide bonds. The number of carboxylic acid groups (broad SMARTS) is 1. The van der Waals surface area contributed by atoms with E-state index in [0.717, 1.165) is 43.9 Å². The van der Waals surface area contributed by atoms with Crippen LogP contribution in [0.2, 0.25) is 0 Å². The Kier molecular flexibility index (Phi) is 5.37. The highest BCUT2D eigenvalue weighted by Crippen LogP contribution is 2.19. The monoisotopic (exact) mass is 276 g/mol. The fourth-order valence-electron chi connectivity index (χ4n) is 2.37. The van der Waals surface area contributed by atoms with E-state index >= 15 is 0 Å². The molecule has 2 N–H and O–H groups in total. The van der Waals surface area contributed by atoms with Crippen LogP contribution in [0.4, 0.5) is 5.82 Å². The Morgan fingerprint density at radius 1 is 1.60 bits per heavy atom. The predicted octanol–water partition coefficient (Wildman–Crippen LogP) is 0.971. The number of aliphatic carboxylic acids is 1. The van der Waals surface area contributed by atoms with Crippen LogP contribution in [0.15, 0.2) is 18.3 Å². The van der Waals surface area contributed by atoms with E-state index in [-0.39, 0.29) is 5.92 Å². The average molecular weight is 276 g/mol. The summed E-state index contributed by atoms with van der Waals surface area (Å²) in [5.74, 6) is -0.114. The van der Waals surface area contributed by atoms with Gasteiger partial charge in [0, 0.05) is 19.9 Å². The zero-order valence-corrected chi connectivity index (χ0v) is 11.6. The Morgan fingerprint density at radius 2 is 2.35 bits per heavy atom. The van der Waals surface area contributed by atoms with E-state index in [4.69, 9.17) is 9.76 Å². The quantitative estimate of drug-likeness (QED) is 0.754. The number of nitrogens with one attached hydrogen (secondary N) is 1. The van der Waals surface area contributed by atoms with E-state index in [1.165, 1.54) is 7.62 Å². The fraction of sp³-hybridized carbons (Fsp3) is 0.538. The van der Waals surface area contributed by atoms with E-state index < -0.39 is 5.97 Å². The maximum Gasteiger partial charge on any atom is 0.437 e. The molecule has 1 radical (unpaired) electrons. The van der Waals surface area contributed by atoms with Crippen LogP contribution in [0.3, 0.4) is 0 Å². The molecular weight excluding hydrogens is 257 g/mol. The molecule has 1 fully saturated rings. The molecule has 0 aromatic carbocycles. The van der Waals surface area contributed by atoms with Gasteiger partial charge in [-0.1, -0.05) is 0 Å². The molecule has 107 valence electrons. The molecule has 20 heavy (non-hydrogen) atoms. The van der Waals surface area contributed by atoms with Crippen molar-refractivity contribution in [2.24, 2.45) is 5.92 Å². The molecule has 0 saturated carbocycles. The summed E-state index contributed by atoms with van der Waals surface area (Å²) < 4.78 is 4.83. The largest absolute Gasteiger partial charge is 0.481 e. The molecule has 1 aliphatic rings. The van der Waals surface area contributed by atoms with Crippen molar-refractivity contribution < 1.29 is 14.6 Å². The molecule has 1 aliphatic heterocycles. The minimum Gasteiger partial charge on any atom is -0.481 e. The first kappa shape index (κ1) is 14.8. The average Bonchev–Trinajstić information content (AvgIpc) is 2.46. The van der Waals surface area contributed by atoms with Gasteiger partial charge in [0.25, 0.3) is 0 Å². The molecule has 7 heteroatoms. The summed E-state index contributed by atoms with van der Waals surface area (Å²) in [7, 11) is 3.05. The van der Waals surface area contributed by atoms with Crippen LogP contribution in [0.1, 0.15) is 18.4 Å². The number of anilines is 1. The molecule has 0 aliphatic carbocycles. The van der Waals surface area contributed by atoms with Crippen LogP contribution >= 0.6 is 0 Å². The Morgan fingerprint density at radius 3 is 3.00 bits per heavy atom. The van der Waals surface area contributed by atoms with Crippen molar-refractivity contribution in [1.29, 1.82) is 0 Å². The van der Waals surface area contributed by atoms with Crippen LogP contribution in [0.25, 0.3) is 0 Å². The van der Waals surface area contributed by atoms with Crippen LogP contribution in [-0.4, -0.2) is 48.8 Å². The number of nitrogens with zero attached hydrogens (tertiary/aromatic N) is 2. The van der Waals surface area contributed by atoms with Crippen molar-refractivity contribution in [3.63, 3.8) is 0 Å². The van der Waals surface area contributed by atoms with Crippen molar-refractivity contribution in [2.75, 3.05) is 25.4 Å². The van der Waals surface area contributed by atoms with Gasteiger partial charge in [-0.25, -0.2) is 4.98 Å². The number of rotatable bonds is 6. The summed E-state index contributed by atoms with van der Waals surface area (Å²) in [6.45, 7) is 2.47. The van der Waals surface area contributed by atoms with Gasteiger partial charge in [-0.2, -0.15) is 0 Å². The molecule has 1 aromatic rings. The van der Waals surface area contributed by atoms with Crippen LogP contribution < -0.4 is 5.23 Å². The number of carboxylic acids is 1. The number of pyridine rings is 1. The topological polar surface area (TPSA) is 74.7 Å². The number of aromatic nitrogens is 1. The lowest BCUT2D eigenvalue weighted by Crippen LogP contribution is -2.35. The third-order valence-electron chi connectivity index (χ3n) is 3.49. The molecule has 0 atom stereocenters. The molecule has 2 rings (SSSR count). The minimum absolute atomic E-state index is 0.183. The van der Waals surface area contributed by atoms with Gasteiger partial charge in [0.15, 0.2) is 0 Å². The Balaban J connectivity index is 1.86. The number of carbonyl (C=O) groups is 1. The lowest BCUT2D eigenvalue weighted by Gasteiger charge is -2.30. The lowest BCUT2D eigenvalue weighted by molar-refractivity contribution is -0.143. The second kappa shape index (κ2) is 7.26. The van der Waals surface area contributed by atoms with E-state index in [0.29, 0.717) is 0 Å². The van der Waals surface area contributed by atoms with Crippen molar-refractivity contribution in [3.8, 4) is 0 Å². The summed E-state index contributed by atoms with van der Waals surface area (Å²) >= 11 is 0. The number of hydrogen-bond donors (Lipinski definition) is 2. The number of likely N-dealkylation sites (tertiary alicyclic amines) is 1. The molecule has 1 saturated heterocycles. The normalized spacial score (nSPS) is 16.9. The van der Waals surface area contributed by atoms with E-state index in [1.54, 1.807) is 13.3 Å². The van der Waals surface area contributed by atoms with Gasteiger partial charge in [0.2, 0.25) is 0 Å². The number of hydrogen-bond acceptors (Lipinski definition) is 5. The van der Waals surface area contributed by atoms with Gasteiger partial charge in [0.05, 0.1) is 5.92 Å². The van der Waals surface area contributed by atoms with Gasteiger partial charge in [-0.15, -0.1) is 0 Å². The highest BCUT2D eigenvalue weighted by molar-refractivity contribution is 6.32. The van der Waals surface area contributed by atoms with Gasteiger partial charge in [-0.3, -0.25) is 9.69 Å². The van der Waals surface area contributed by atoms with Crippen LogP contribution in [0.5, 0.6) is 0 Å². The second-order valence-electron chi connectivity index (χ2n) is 4.94. The first-order valence-electron chi connectivity index (χ1n) is 6.70. The first-order valence-corrected chi connectivity index (χ1v) is 6.70. The van der Waals surface area contributed by atoms with Gasteiger partial charge in [0.1, 0.15) is 5.82 Å². The molecule has 6 nitrogen and oxygen atoms in total. The molecule has 1 aromatic heterocycles. The third-order valence-corrected chi connectivity index (χ3v) is 3.49. The predicted molar refractivity (Wildman–Crippen MR) is 76.3 cm³/mol. The molecule has 2 heterocycles. The first-order chi connectivity index (χ1) is 9.69. The Bertz CT molecular complexity index is 450. The standard InChI is InChI=1S/C13H19BN3O3/c1-20-14-16-12-8-10(2-5-15-12)9-17-6-3-11(4-7-17)13(18)19/h2,5,8,11H,3-4,6-7,9H2,1H3,(H,15,16)(H,18,19). The zero-order valence-electron chi connectivity index (χ0n) is 11.6. The van der Waals surface area contributed by atoms with E-state index in [2.05, 4.69) is 15.1 Å². The Labute approximate surface area is 119 Å². The summed E-state index contributed by atoms with van der Waals surface area (Å²) in [4.78, 5) is 17.4. The van der Waals surface area contributed by atoms with E-state index in [1.807, 2.05) is 12.1 Å². The van der Waals surface area contributed by atoms with Crippen molar-refractivity contribution in [1.82, 2.24) is 9.88 Å². The molecule has 0 bridgehead atoms. The van der Waals surface area contributed by atoms with Crippen LogP contribution in [-0.2, 0) is 16.0 Å². The Hall–Kier alpha value is -1.60. The summed E-state index contributed by atoms with van der Waals surface area (Å²) in [6, 6.07) is 3.94. The SMILES string of the molecule is CO[B]Nc1cc(CN2CCC(C(=O)O)CC2)ccn1. The smallest absolute Gasteiger partial charge is 0.437 e. The van der Waals surface area contributed by atoms with Crippen molar-refractivity contribution >= 4 is 19.4 Å². The van der Waals surface area contributed by atoms with Gasteiger partial charge in [-0.05, 0) is 43.6 Å². The van der Waals surface area contributed by atoms with Gasteiger partial charge >= 0.3 is 13.6 Å². The van der Waals surface area contributed by atoms with E-state index in [9.17, 15) is 4.79 Å². The summed E-state index contributed by atoms with van der Waals surface area (Å²) in [5, 5.41) is 11.9. The van der Waals surface area contributed by atoms with Crippen molar-refractivity contribution in [3.05, 3.63) is 23.9 Å². The molecule has 0 spiro atoms. The maximum absolute atomic E-state index is 10.9. The summed E-state index contributed by atoms with van der Waals surface area (Å²) in [5.41, 5.74) is 1.15. The lowest BCUT2D eigenvalue weighted by atomic mass is 9.97. The highest BCUT2D eigenvalue weighted by atomic mass is 16.4. The maximum atomic E-state index is 10.9. The number of piperidine rings is 1. The van der Waals surface area contributed by atoms with Gasteiger partial charge < -0.3 is 15.0 Å². The van der Waals surface area contributed by atoms with Crippen molar-refractivity contribution in [2.45, 2.75) is 19.4 Å². The highest BCUT2D eigenvalue weighted by Gasteiger charge is 2.24. The summed E-state index contributed by atoms with van der Waals surface area (Å²) in [6.07, 6.45) is 3.21. The van der Waals surface area contributed by atoms with Crippen LogP contribution in [0, 0.1) is 5.92 Å². The fourth-order valence-corrected chi connectivity index (χ4v) is 2.37. The molecule has 0 unspecified atom stereocenters. The third kappa shape index (κ3) is 4.21. The molecular formula is C13H19BN3O3. The second-order valence-corrected chi connectivity index (χ2v) is 4.94. The zero-order chi connectivity index (χ0) is 14.4.